The van der Waals surface area contributed by atoms with Gasteiger partial charge in [0, 0.05) is 35.9 Å². The van der Waals surface area contributed by atoms with Crippen molar-refractivity contribution in [3.8, 4) is 0 Å². The molecule has 0 bridgehead atoms. The second-order valence-electron chi connectivity index (χ2n) is 6.70. The van der Waals surface area contributed by atoms with Gasteiger partial charge >= 0.3 is 0 Å². The summed E-state index contributed by atoms with van der Waals surface area (Å²) < 4.78 is 0. The van der Waals surface area contributed by atoms with Gasteiger partial charge in [0.05, 0.1) is 5.92 Å². The molecule has 2 aromatic carbocycles. The Labute approximate surface area is 152 Å². The predicted molar refractivity (Wildman–Crippen MR) is 99.1 cm³/mol. The van der Waals surface area contributed by atoms with Gasteiger partial charge < -0.3 is 9.80 Å². The third-order valence-corrected chi connectivity index (χ3v) is 5.31. The topological polar surface area (TPSA) is 40.6 Å². The molecule has 128 valence electrons. The van der Waals surface area contributed by atoms with E-state index < -0.39 is 0 Å². The Bertz CT molecular complexity index is 865. The Morgan fingerprint density at radius 1 is 1.16 bits per heavy atom. The van der Waals surface area contributed by atoms with Gasteiger partial charge in [-0.15, -0.1) is 0 Å². The summed E-state index contributed by atoms with van der Waals surface area (Å²) >= 11 is 6.01. The number of carbonyl (C=O) groups excluding carboxylic acids is 2. The van der Waals surface area contributed by atoms with Crippen LogP contribution in [0.15, 0.2) is 42.5 Å². The standard InChI is InChI=1S/C20H19ClN2O2/c1-13-10-16(21)6-7-17(13)23-12-15(11-19(23)24)20(25)22-9-8-14-4-2-3-5-18(14)22/h2-7,10,15H,8-9,11-12H2,1H3. The molecule has 1 fully saturated rings. The molecule has 5 heteroatoms. The fraction of sp³-hybridized carbons (Fsp3) is 0.300. The summed E-state index contributed by atoms with van der Waals surface area (Å²) in [6.07, 6.45) is 1.14. The van der Waals surface area contributed by atoms with Crippen molar-refractivity contribution in [3.63, 3.8) is 0 Å². The Balaban J connectivity index is 1.55. The Kier molecular flexibility index (Phi) is 4.00. The van der Waals surface area contributed by atoms with Crippen LogP contribution in [0.25, 0.3) is 0 Å². The number of benzene rings is 2. The van der Waals surface area contributed by atoms with E-state index in [9.17, 15) is 9.59 Å². The molecule has 0 aliphatic carbocycles. The van der Waals surface area contributed by atoms with Gasteiger partial charge in [0.25, 0.3) is 0 Å². The maximum absolute atomic E-state index is 13.0. The van der Waals surface area contributed by atoms with Crippen LogP contribution in [0, 0.1) is 12.8 Å². The van der Waals surface area contributed by atoms with Gasteiger partial charge in [0.15, 0.2) is 0 Å². The van der Waals surface area contributed by atoms with Crippen LogP contribution in [-0.2, 0) is 16.0 Å². The van der Waals surface area contributed by atoms with E-state index in [0.29, 0.717) is 18.1 Å². The lowest BCUT2D eigenvalue weighted by Crippen LogP contribution is -2.36. The van der Waals surface area contributed by atoms with Crippen LogP contribution < -0.4 is 9.80 Å². The first-order valence-corrected chi connectivity index (χ1v) is 8.88. The number of carbonyl (C=O) groups is 2. The molecule has 2 amide bonds. The van der Waals surface area contributed by atoms with Crippen LogP contribution in [-0.4, -0.2) is 24.9 Å². The molecule has 25 heavy (non-hydrogen) atoms. The van der Waals surface area contributed by atoms with E-state index in [2.05, 4.69) is 6.07 Å². The fourth-order valence-corrected chi connectivity index (χ4v) is 4.04. The lowest BCUT2D eigenvalue weighted by molar-refractivity contribution is -0.124. The van der Waals surface area contributed by atoms with Gasteiger partial charge in [-0.2, -0.15) is 0 Å². The number of anilines is 2. The zero-order chi connectivity index (χ0) is 17.6. The molecular formula is C20H19ClN2O2. The molecule has 4 nitrogen and oxygen atoms in total. The first-order valence-electron chi connectivity index (χ1n) is 8.50. The van der Waals surface area contributed by atoms with Crippen LogP contribution in [0.4, 0.5) is 11.4 Å². The van der Waals surface area contributed by atoms with Crippen molar-refractivity contribution in [3.05, 3.63) is 58.6 Å². The smallest absolute Gasteiger partial charge is 0.232 e. The fourth-order valence-electron chi connectivity index (χ4n) is 3.82. The summed E-state index contributed by atoms with van der Waals surface area (Å²) in [4.78, 5) is 29.1. The Morgan fingerprint density at radius 3 is 2.76 bits per heavy atom. The van der Waals surface area contributed by atoms with E-state index in [4.69, 9.17) is 11.6 Å². The molecule has 0 radical (unpaired) electrons. The molecule has 2 aliphatic heterocycles. The molecule has 1 unspecified atom stereocenters. The Morgan fingerprint density at radius 2 is 1.96 bits per heavy atom. The summed E-state index contributed by atoms with van der Waals surface area (Å²) in [6, 6.07) is 13.5. The third kappa shape index (κ3) is 2.81. The minimum absolute atomic E-state index is 0.00347. The minimum Gasteiger partial charge on any atom is -0.312 e. The third-order valence-electron chi connectivity index (χ3n) is 5.08. The molecule has 2 heterocycles. The SMILES string of the molecule is Cc1cc(Cl)ccc1N1CC(C(=O)N2CCc3ccccc32)CC1=O. The minimum atomic E-state index is -0.297. The van der Waals surface area contributed by atoms with E-state index in [0.717, 1.165) is 23.4 Å². The van der Waals surface area contributed by atoms with Crippen molar-refractivity contribution >= 4 is 34.8 Å². The number of hydrogen-bond donors (Lipinski definition) is 0. The zero-order valence-corrected chi connectivity index (χ0v) is 14.8. The van der Waals surface area contributed by atoms with Crippen molar-refractivity contribution in [1.82, 2.24) is 0 Å². The van der Waals surface area contributed by atoms with Crippen LogP contribution in [0.3, 0.4) is 0 Å². The highest BCUT2D eigenvalue weighted by atomic mass is 35.5. The van der Waals surface area contributed by atoms with Gasteiger partial charge in [-0.1, -0.05) is 29.8 Å². The van der Waals surface area contributed by atoms with Crippen molar-refractivity contribution in [2.24, 2.45) is 5.92 Å². The van der Waals surface area contributed by atoms with Gasteiger partial charge in [0.2, 0.25) is 11.8 Å². The zero-order valence-electron chi connectivity index (χ0n) is 14.0. The van der Waals surface area contributed by atoms with Gasteiger partial charge in [-0.3, -0.25) is 9.59 Å². The molecule has 0 aromatic heterocycles. The van der Waals surface area contributed by atoms with Crippen LogP contribution in [0.2, 0.25) is 5.02 Å². The number of nitrogens with zero attached hydrogens (tertiary/aromatic N) is 2. The first-order chi connectivity index (χ1) is 12.0. The lowest BCUT2D eigenvalue weighted by Gasteiger charge is -2.22. The Hall–Kier alpha value is -2.33. The van der Waals surface area contributed by atoms with E-state index in [-0.39, 0.29) is 24.2 Å². The van der Waals surface area contributed by atoms with Crippen molar-refractivity contribution < 1.29 is 9.59 Å². The second-order valence-corrected chi connectivity index (χ2v) is 7.14. The van der Waals surface area contributed by atoms with Gasteiger partial charge in [0.1, 0.15) is 0 Å². The predicted octanol–water partition coefficient (Wildman–Crippen LogP) is 3.59. The maximum atomic E-state index is 13.0. The lowest BCUT2D eigenvalue weighted by atomic mass is 10.1. The normalized spacial score (nSPS) is 19.4. The van der Waals surface area contributed by atoms with E-state index >= 15 is 0 Å². The summed E-state index contributed by atoms with van der Waals surface area (Å²) in [5.74, 6) is -0.252. The molecule has 1 atom stereocenters. The summed E-state index contributed by atoms with van der Waals surface area (Å²) in [7, 11) is 0. The number of para-hydroxylation sites is 1. The van der Waals surface area contributed by atoms with Gasteiger partial charge in [-0.25, -0.2) is 0 Å². The number of aryl methyl sites for hydroxylation is 1. The summed E-state index contributed by atoms with van der Waals surface area (Å²) in [6.45, 7) is 3.06. The molecule has 0 spiro atoms. The highest BCUT2D eigenvalue weighted by Gasteiger charge is 2.39. The number of amides is 2. The quantitative estimate of drug-likeness (QED) is 0.827. The number of fused-ring (bicyclic) bond motifs is 1. The molecule has 4 rings (SSSR count). The van der Waals surface area contributed by atoms with E-state index in [1.807, 2.05) is 42.2 Å². The average Bonchev–Trinajstić information content (AvgIpc) is 3.18. The van der Waals surface area contributed by atoms with E-state index in [1.165, 1.54) is 5.56 Å². The van der Waals surface area contributed by atoms with Crippen molar-refractivity contribution in [1.29, 1.82) is 0 Å². The molecule has 2 aromatic rings. The monoisotopic (exact) mass is 354 g/mol. The molecule has 0 saturated carbocycles. The summed E-state index contributed by atoms with van der Waals surface area (Å²) in [5.41, 5.74) is 3.97. The molecule has 2 aliphatic rings. The van der Waals surface area contributed by atoms with Crippen LogP contribution in [0.5, 0.6) is 0 Å². The van der Waals surface area contributed by atoms with E-state index in [1.54, 1.807) is 11.0 Å². The maximum Gasteiger partial charge on any atom is 0.232 e. The second kappa shape index (κ2) is 6.19. The van der Waals surface area contributed by atoms with Crippen molar-refractivity contribution in [2.75, 3.05) is 22.9 Å². The molecule has 0 N–H and O–H groups in total. The van der Waals surface area contributed by atoms with Crippen LogP contribution in [0.1, 0.15) is 17.5 Å². The number of rotatable bonds is 2. The first kappa shape index (κ1) is 16.2. The largest absolute Gasteiger partial charge is 0.312 e. The van der Waals surface area contributed by atoms with Gasteiger partial charge in [-0.05, 0) is 48.7 Å². The molecule has 1 saturated heterocycles. The highest BCUT2D eigenvalue weighted by molar-refractivity contribution is 6.30. The average molecular weight is 355 g/mol. The highest BCUT2D eigenvalue weighted by Crippen LogP contribution is 2.33. The number of hydrogen-bond acceptors (Lipinski definition) is 2. The number of halogens is 1. The summed E-state index contributed by atoms with van der Waals surface area (Å²) in [5, 5.41) is 0.647. The van der Waals surface area contributed by atoms with Crippen LogP contribution >= 0.6 is 11.6 Å². The van der Waals surface area contributed by atoms with Crippen molar-refractivity contribution in [2.45, 2.75) is 19.8 Å². The molecular weight excluding hydrogens is 336 g/mol.